The van der Waals surface area contributed by atoms with Crippen LogP contribution in [-0.4, -0.2) is 17.7 Å². The van der Waals surface area contributed by atoms with Crippen molar-refractivity contribution in [2.24, 2.45) is 0 Å². The summed E-state index contributed by atoms with van der Waals surface area (Å²) in [7, 11) is 0. The van der Waals surface area contributed by atoms with Crippen molar-refractivity contribution in [3.8, 4) is 23.6 Å². The summed E-state index contributed by atoms with van der Waals surface area (Å²) in [5.41, 5.74) is 3.12. The van der Waals surface area contributed by atoms with Crippen molar-refractivity contribution in [1.29, 1.82) is 10.5 Å². The van der Waals surface area contributed by atoms with Gasteiger partial charge in [-0.1, -0.05) is 46.3 Å². The van der Waals surface area contributed by atoms with Crippen LogP contribution in [0.4, 0.5) is 0 Å². The summed E-state index contributed by atoms with van der Waals surface area (Å²) >= 11 is 3.53. The second kappa shape index (κ2) is 11.0. The fourth-order valence-corrected chi connectivity index (χ4v) is 3.52. The van der Waals surface area contributed by atoms with Crippen molar-refractivity contribution in [3.05, 3.63) is 93.0 Å². The van der Waals surface area contributed by atoms with Gasteiger partial charge in [-0.15, -0.1) is 0 Å². The van der Waals surface area contributed by atoms with E-state index in [1.807, 2.05) is 19.1 Å². The molecule has 3 rings (SSSR count). The maximum Gasteiger partial charge on any atom is 0.335 e. The van der Waals surface area contributed by atoms with Crippen molar-refractivity contribution in [3.63, 3.8) is 0 Å². The topological polar surface area (TPSA) is 103 Å². The van der Waals surface area contributed by atoms with Crippen LogP contribution in [-0.2, 0) is 6.61 Å². The molecule has 0 saturated heterocycles. The number of rotatable bonds is 8. The summed E-state index contributed by atoms with van der Waals surface area (Å²) in [6.07, 6.45) is 1.69. The lowest BCUT2D eigenvalue weighted by Crippen LogP contribution is -2.02. The fraction of sp³-hybridized carbons (Fsp3) is 0.115. The zero-order valence-electron chi connectivity index (χ0n) is 17.7. The van der Waals surface area contributed by atoms with Crippen LogP contribution in [0.2, 0.25) is 0 Å². The number of halogens is 1. The van der Waals surface area contributed by atoms with Crippen molar-refractivity contribution in [1.82, 2.24) is 0 Å². The number of nitriles is 2. The lowest BCUT2D eigenvalue weighted by molar-refractivity contribution is 0.0697. The normalized spacial score (nSPS) is 10.7. The van der Waals surface area contributed by atoms with E-state index in [2.05, 4.69) is 28.1 Å². The van der Waals surface area contributed by atoms with Gasteiger partial charge in [0.15, 0.2) is 11.5 Å². The molecule has 3 aromatic rings. The Morgan fingerprint density at radius 3 is 2.33 bits per heavy atom. The predicted octanol–water partition coefficient (Wildman–Crippen LogP) is 6.06. The van der Waals surface area contributed by atoms with Gasteiger partial charge in [-0.05, 0) is 54.5 Å². The van der Waals surface area contributed by atoms with E-state index in [1.165, 1.54) is 12.1 Å². The average Bonchev–Trinajstić information content (AvgIpc) is 2.83. The molecule has 0 atom stereocenters. The number of hydrogen-bond acceptors (Lipinski definition) is 5. The van der Waals surface area contributed by atoms with Gasteiger partial charge in [0.25, 0.3) is 0 Å². The molecule has 0 aliphatic rings. The van der Waals surface area contributed by atoms with Crippen molar-refractivity contribution in [2.45, 2.75) is 13.5 Å². The number of ether oxygens (including phenoxy) is 2. The highest BCUT2D eigenvalue weighted by Crippen LogP contribution is 2.36. The summed E-state index contributed by atoms with van der Waals surface area (Å²) in [6, 6.07) is 21.2. The van der Waals surface area contributed by atoms with Crippen molar-refractivity contribution < 1.29 is 19.4 Å². The van der Waals surface area contributed by atoms with Crippen LogP contribution >= 0.6 is 15.9 Å². The summed E-state index contributed by atoms with van der Waals surface area (Å²) in [5.74, 6) is -0.0287. The Morgan fingerprint density at radius 2 is 1.70 bits per heavy atom. The molecule has 1 N–H and O–H groups in total. The van der Waals surface area contributed by atoms with Gasteiger partial charge in [0.2, 0.25) is 0 Å². The van der Waals surface area contributed by atoms with Gasteiger partial charge in [0, 0.05) is 10.0 Å². The summed E-state index contributed by atoms with van der Waals surface area (Å²) in [6.45, 7) is 2.47. The minimum absolute atomic E-state index is 0.148. The minimum Gasteiger partial charge on any atom is -0.490 e. The molecular formula is C26H19BrN2O4. The molecule has 33 heavy (non-hydrogen) atoms. The molecule has 0 heterocycles. The minimum atomic E-state index is -1.03. The zero-order chi connectivity index (χ0) is 23.8. The lowest BCUT2D eigenvalue weighted by atomic mass is 10.0. The maximum absolute atomic E-state index is 11.1. The lowest BCUT2D eigenvalue weighted by Gasteiger charge is -2.15. The van der Waals surface area contributed by atoms with Crippen molar-refractivity contribution in [2.75, 3.05) is 6.61 Å². The third kappa shape index (κ3) is 5.79. The Labute approximate surface area is 200 Å². The molecule has 0 aromatic heterocycles. The number of hydrogen-bond donors (Lipinski definition) is 1. The number of allylic oxidation sites excluding steroid dienone is 1. The van der Waals surface area contributed by atoms with Gasteiger partial charge >= 0.3 is 5.97 Å². The molecule has 0 spiro atoms. The monoisotopic (exact) mass is 502 g/mol. The van der Waals surface area contributed by atoms with E-state index in [4.69, 9.17) is 14.6 Å². The number of nitrogens with zero attached hydrogens (tertiary/aromatic N) is 2. The molecule has 0 unspecified atom stereocenters. The third-order valence-electron chi connectivity index (χ3n) is 4.75. The number of carboxylic acid groups (broad SMARTS) is 1. The summed E-state index contributed by atoms with van der Waals surface area (Å²) < 4.78 is 12.4. The molecule has 3 aromatic carbocycles. The smallest absolute Gasteiger partial charge is 0.335 e. The Kier molecular flexibility index (Phi) is 7.86. The van der Waals surface area contributed by atoms with Gasteiger partial charge in [-0.25, -0.2) is 4.79 Å². The quantitative estimate of drug-likeness (QED) is 0.296. The van der Waals surface area contributed by atoms with Gasteiger partial charge in [-0.3, -0.25) is 0 Å². The van der Waals surface area contributed by atoms with E-state index in [0.29, 0.717) is 44.8 Å². The predicted molar refractivity (Wildman–Crippen MR) is 128 cm³/mol. The Bertz CT molecular complexity index is 1290. The summed E-state index contributed by atoms with van der Waals surface area (Å²) in [4.78, 5) is 11.1. The van der Waals surface area contributed by atoms with Gasteiger partial charge in [0.05, 0.1) is 35.4 Å². The average molecular weight is 503 g/mol. The molecule has 0 saturated carbocycles. The molecular weight excluding hydrogens is 484 g/mol. The maximum atomic E-state index is 11.1. The van der Waals surface area contributed by atoms with E-state index in [1.54, 1.807) is 42.5 Å². The van der Waals surface area contributed by atoms with E-state index >= 15 is 0 Å². The van der Waals surface area contributed by atoms with Crippen LogP contribution < -0.4 is 9.47 Å². The van der Waals surface area contributed by atoms with E-state index in [-0.39, 0.29) is 12.2 Å². The number of benzene rings is 3. The number of aromatic carboxylic acids is 1. The SMILES string of the molecule is CCOc1cc(/C=C(/C#N)c2ccc(C(=O)O)cc2)c(Br)cc1OCc1ccccc1C#N. The molecule has 0 fully saturated rings. The Balaban J connectivity index is 1.93. The first-order chi connectivity index (χ1) is 16.0. The molecule has 0 amide bonds. The van der Waals surface area contributed by atoms with Crippen LogP contribution in [0, 0.1) is 22.7 Å². The van der Waals surface area contributed by atoms with Gasteiger partial charge in [-0.2, -0.15) is 10.5 Å². The van der Waals surface area contributed by atoms with Crippen LogP contribution in [0.3, 0.4) is 0 Å². The molecule has 164 valence electrons. The first-order valence-electron chi connectivity index (χ1n) is 9.99. The molecule has 6 nitrogen and oxygen atoms in total. The van der Waals surface area contributed by atoms with E-state index in [9.17, 15) is 15.3 Å². The van der Waals surface area contributed by atoms with Crippen LogP contribution in [0.15, 0.2) is 65.1 Å². The van der Waals surface area contributed by atoms with Crippen molar-refractivity contribution >= 4 is 33.5 Å². The largest absolute Gasteiger partial charge is 0.490 e. The zero-order valence-corrected chi connectivity index (χ0v) is 19.3. The fourth-order valence-electron chi connectivity index (χ4n) is 3.08. The van der Waals surface area contributed by atoms with Crippen LogP contribution in [0.1, 0.15) is 39.5 Å². The first-order valence-corrected chi connectivity index (χ1v) is 10.8. The Hall–Kier alpha value is -4.07. The van der Waals surface area contributed by atoms with Crippen LogP contribution in [0.5, 0.6) is 11.5 Å². The number of carbonyl (C=O) groups is 1. The third-order valence-corrected chi connectivity index (χ3v) is 5.43. The highest BCUT2D eigenvalue weighted by molar-refractivity contribution is 9.10. The second-order valence-electron chi connectivity index (χ2n) is 6.86. The Morgan fingerprint density at radius 1 is 1.03 bits per heavy atom. The standard InChI is InChI=1S/C26H19BrN2O4/c1-2-32-24-12-21(11-22(15-29)17-7-9-18(10-8-17)26(30)31)23(27)13-25(24)33-16-20-6-4-3-5-19(20)14-28/h3-13H,2,16H2,1H3,(H,30,31)/b22-11-. The van der Waals surface area contributed by atoms with E-state index in [0.717, 1.165) is 5.56 Å². The molecule has 7 heteroatoms. The highest BCUT2D eigenvalue weighted by atomic mass is 79.9. The molecule has 0 bridgehead atoms. The second-order valence-corrected chi connectivity index (χ2v) is 7.72. The van der Waals surface area contributed by atoms with Gasteiger partial charge < -0.3 is 14.6 Å². The highest BCUT2D eigenvalue weighted by Gasteiger charge is 2.13. The molecule has 0 aliphatic heterocycles. The van der Waals surface area contributed by atoms with Crippen LogP contribution in [0.25, 0.3) is 11.6 Å². The van der Waals surface area contributed by atoms with Gasteiger partial charge in [0.1, 0.15) is 6.61 Å². The number of carboxylic acids is 1. The molecule has 0 aliphatic carbocycles. The first kappa shape index (κ1) is 23.6. The summed E-state index contributed by atoms with van der Waals surface area (Å²) in [5, 5.41) is 28.0. The van der Waals surface area contributed by atoms with E-state index < -0.39 is 5.97 Å². The molecule has 0 radical (unpaired) electrons.